The normalized spacial score (nSPS) is 11.4. The van der Waals surface area contributed by atoms with Crippen molar-refractivity contribution in [2.45, 2.75) is 18.2 Å². The van der Waals surface area contributed by atoms with E-state index in [0.29, 0.717) is 12.1 Å². The second kappa shape index (κ2) is 4.45. The summed E-state index contributed by atoms with van der Waals surface area (Å²) < 4.78 is 37.6. The molecule has 0 saturated heterocycles. The molecule has 0 heterocycles. The first-order chi connectivity index (χ1) is 7.21. The van der Waals surface area contributed by atoms with Crippen molar-refractivity contribution in [2.24, 2.45) is 0 Å². The Morgan fingerprint density at radius 3 is 2.19 bits per heavy atom. The molecule has 0 saturated carbocycles. The highest BCUT2D eigenvalue weighted by atomic mass is 79.9. The lowest BCUT2D eigenvalue weighted by molar-refractivity contribution is -0.117. The molecule has 1 N–H and O–H groups in total. The maximum atomic E-state index is 13.1. The molecule has 0 aliphatic rings. The third kappa shape index (κ3) is 2.98. The van der Waals surface area contributed by atoms with E-state index in [9.17, 15) is 18.0 Å². The first-order valence-electron chi connectivity index (χ1n) is 4.36. The minimum Gasteiger partial charge on any atom is -0.322 e. The van der Waals surface area contributed by atoms with Crippen LogP contribution in [-0.2, 0) is 4.79 Å². The highest BCUT2D eigenvalue weighted by molar-refractivity contribution is 9.10. The molecule has 0 aromatic heterocycles. The summed E-state index contributed by atoms with van der Waals surface area (Å²) in [5.41, 5.74) is -0.392. The van der Waals surface area contributed by atoms with Crippen LogP contribution in [-0.4, -0.2) is 10.2 Å². The fourth-order valence-corrected chi connectivity index (χ4v) is 0.988. The number of anilines is 1. The molecular weight excluding hydrogens is 287 g/mol. The Hall–Kier alpha value is -1.04. The average Bonchev–Trinajstić information content (AvgIpc) is 2.12. The van der Waals surface area contributed by atoms with E-state index in [4.69, 9.17) is 0 Å². The van der Waals surface area contributed by atoms with E-state index < -0.39 is 33.4 Å². The molecule has 16 heavy (non-hydrogen) atoms. The van der Waals surface area contributed by atoms with E-state index in [1.54, 1.807) is 13.8 Å². The number of halogens is 4. The maximum Gasteiger partial charge on any atom is 0.240 e. The van der Waals surface area contributed by atoms with Crippen molar-refractivity contribution in [3.63, 3.8) is 0 Å². The Balaban J connectivity index is 2.99. The third-order valence-electron chi connectivity index (χ3n) is 1.80. The third-order valence-corrected chi connectivity index (χ3v) is 2.16. The Labute approximate surface area is 99.0 Å². The standard InChI is InChI=1S/C10H9BrF3NO/c1-10(2,11)9(16)15-8-4-6(13)5(12)3-7(8)14/h3-4H,1-2H3,(H,15,16). The van der Waals surface area contributed by atoms with E-state index >= 15 is 0 Å². The van der Waals surface area contributed by atoms with Gasteiger partial charge in [0.05, 0.1) is 10.0 Å². The number of alkyl halides is 1. The summed E-state index contributed by atoms with van der Waals surface area (Å²) in [6.07, 6.45) is 0. The van der Waals surface area contributed by atoms with E-state index in [0.717, 1.165) is 0 Å². The minimum absolute atomic E-state index is 0.381. The van der Waals surface area contributed by atoms with E-state index in [-0.39, 0.29) is 0 Å². The molecule has 6 heteroatoms. The van der Waals surface area contributed by atoms with Gasteiger partial charge in [0, 0.05) is 12.1 Å². The van der Waals surface area contributed by atoms with Gasteiger partial charge < -0.3 is 5.32 Å². The van der Waals surface area contributed by atoms with Crippen molar-refractivity contribution in [2.75, 3.05) is 5.32 Å². The van der Waals surface area contributed by atoms with E-state index in [1.165, 1.54) is 0 Å². The van der Waals surface area contributed by atoms with Crippen molar-refractivity contribution in [1.82, 2.24) is 0 Å². The second-order valence-corrected chi connectivity index (χ2v) is 5.66. The summed E-state index contributed by atoms with van der Waals surface area (Å²) in [4.78, 5) is 11.4. The van der Waals surface area contributed by atoms with Crippen LogP contribution in [0, 0.1) is 17.5 Å². The summed E-state index contributed by atoms with van der Waals surface area (Å²) in [5, 5.41) is 2.15. The minimum atomic E-state index is -1.30. The first kappa shape index (κ1) is 13.0. The SMILES string of the molecule is CC(C)(Br)C(=O)Nc1cc(F)c(F)cc1F. The molecule has 0 fully saturated rings. The van der Waals surface area contributed by atoms with Crippen LogP contribution in [0.3, 0.4) is 0 Å². The zero-order valence-electron chi connectivity index (χ0n) is 8.57. The number of hydrogen-bond donors (Lipinski definition) is 1. The molecule has 1 aromatic rings. The van der Waals surface area contributed by atoms with E-state index in [2.05, 4.69) is 21.2 Å². The lowest BCUT2D eigenvalue weighted by Crippen LogP contribution is -2.31. The zero-order chi connectivity index (χ0) is 12.5. The van der Waals surface area contributed by atoms with Crippen LogP contribution in [0.1, 0.15) is 13.8 Å². The van der Waals surface area contributed by atoms with Gasteiger partial charge in [0.25, 0.3) is 0 Å². The van der Waals surface area contributed by atoms with Gasteiger partial charge in [0.1, 0.15) is 5.82 Å². The average molecular weight is 296 g/mol. The molecule has 0 atom stereocenters. The number of nitrogens with one attached hydrogen (secondary N) is 1. The van der Waals surface area contributed by atoms with Crippen LogP contribution in [0.15, 0.2) is 12.1 Å². The predicted octanol–water partition coefficient (Wildman–Crippen LogP) is 3.22. The molecule has 1 aromatic carbocycles. The van der Waals surface area contributed by atoms with Gasteiger partial charge in [-0.25, -0.2) is 13.2 Å². The van der Waals surface area contributed by atoms with Gasteiger partial charge in [0.2, 0.25) is 5.91 Å². The molecule has 1 amide bonds. The smallest absolute Gasteiger partial charge is 0.240 e. The van der Waals surface area contributed by atoms with Crippen LogP contribution >= 0.6 is 15.9 Å². The van der Waals surface area contributed by atoms with Crippen molar-refractivity contribution in [3.8, 4) is 0 Å². The highest BCUT2D eigenvalue weighted by Gasteiger charge is 2.24. The molecule has 88 valence electrons. The van der Waals surface area contributed by atoms with Gasteiger partial charge in [-0.2, -0.15) is 0 Å². The van der Waals surface area contributed by atoms with Gasteiger partial charge in [0.15, 0.2) is 11.6 Å². The number of rotatable bonds is 2. The van der Waals surface area contributed by atoms with Crippen molar-refractivity contribution in [1.29, 1.82) is 0 Å². The van der Waals surface area contributed by atoms with Crippen LogP contribution < -0.4 is 5.32 Å². The van der Waals surface area contributed by atoms with Gasteiger partial charge in [-0.05, 0) is 13.8 Å². The molecule has 2 nitrogen and oxygen atoms in total. The fraction of sp³-hybridized carbons (Fsp3) is 0.300. The fourth-order valence-electron chi connectivity index (χ4n) is 0.889. The summed E-state index contributed by atoms with van der Waals surface area (Å²) >= 11 is 3.06. The zero-order valence-corrected chi connectivity index (χ0v) is 10.2. The summed E-state index contributed by atoms with van der Waals surface area (Å²) in [6, 6.07) is 0.980. The van der Waals surface area contributed by atoms with Gasteiger partial charge in [-0.3, -0.25) is 4.79 Å². The number of benzene rings is 1. The molecule has 0 aliphatic heterocycles. The quantitative estimate of drug-likeness (QED) is 0.659. The number of amides is 1. The van der Waals surface area contributed by atoms with E-state index in [1.807, 2.05) is 0 Å². The van der Waals surface area contributed by atoms with Gasteiger partial charge in [-0.15, -0.1) is 0 Å². The van der Waals surface area contributed by atoms with Crippen LogP contribution in [0.4, 0.5) is 18.9 Å². The van der Waals surface area contributed by atoms with Crippen LogP contribution in [0.2, 0.25) is 0 Å². The van der Waals surface area contributed by atoms with Gasteiger partial charge >= 0.3 is 0 Å². The van der Waals surface area contributed by atoms with Crippen LogP contribution in [0.25, 0.3) is 0 Å². The number of hydrogen-bond acceptors (Lipinski definition) is 1. The Bertz CT molecular complexity index is 429. The topological polar surface area (TPSA) is 29.1 Å². The molecule has 0 spiro atoms. The summed E-state index contributed by atoms with van der Waals surface area (Å²) in [7, 11) is 0. The molecule has 0 unspecified atom stereocenters. The lowest BCUT2D eigenvalue weighted by Gasteiger charge is -2.16. The predicted molar refractivity (Wildman–Crippen MR) is 58.0 cm³/mol. The highest BCUT2D eigenvalue weighted by Crippen LogP contribution is 2.22. The summed E-state index contributed by atoms with van der Waals surface area (Å²) in [5.74, 6) is -4.10. The van der Waals surface area contributed by atoms with Crippen molar-refractivity contribution >= 4 is 27.5 Å². The second-order valence-electron chi connectivity index (χ2n) is 3.67. The summed E-state index contributed by atoms with van der Waals surface area (Å²) in [6.45, 7) is 3.08. The Morgan fingerprint density at radius 1 is 1.19 bits per heavy atom. The lowest BCUT2D eigenvalue weighted by atomic mass is 10.2. The monoisotopic (exact) mass is 295 g/mol. The molecule has 0 aliphatic carbocycles. The largest absolute Gasteiger partial charge is 0.322 e. The maximum absolute atomic E-state index is 13.1. The first-order valence-corrected chi connectivity index (χ1v) is 5.16. The van der Waals surface area contributed by atoms with Crippen molar-refractivity contribution < 1.29 is 18.0 Å². The van der Waals surface area contributed by atoms with Crippen LogP contribution in [0.5, 0.6) is 0 Å². The molecular formula is C10H9BrF3NO. The Morgan fingerprint density at radius 2 is 1.69 bits per heavy atom. The molecule has 0 bridgehead atoms. The molecule has 0 radical (unpaired) electrons. The Kier molecular flexibility index (Phi) is 3.62. The number of carbonyl (C=O) groups excluding carboxylic acids is 1. The number of carbonyl (C=O) groups is 1. The van der Waals surface area contributed by atoms with Crippen molar-refractivity contribution in [3.05, 3.63) is 29.6 Å². The van der Waals surface area contributed by atoms with Gasteiger partial charge in [-0.1, -0.05) is 15.9 Å². The molecule has 1 rings (SSSR count).